The van der Waals surface area contributed by atoms with Crippen LogP contribution in [-0.2, 0) is 9.59 Å². The summed E-state index contributed by atoms with van der Waals surface area (Å²) in [7, 11) is 0. The molecule has 0 radical (unpaired) electrons. The average molecular weight is 358 g/mol. The van der Waals surface area contributed by atoms with Gasteiger partial charge in [-0.3, -0.25) is 9.59 Å². The lowest BCUT2D eigenvalue weighted by Crippen LogP contribution is -2.48. The molecule has 2 atom stereocenters. The molecule has 3 rings (SSSR count). The zero-order chi connectivity index (χ0) is 16.1. The van der Waals surface area contributed by atoms with E-state index in [0.29, 0.717) is 24.9 Å². The van der Waals surface area contributed by atoms with Gasteiger partial charge < -0.3 is 16.0 Å². The second kappa shape index (κ2) is 9.04. The van der Waals surface area contributed by atoms with Crippen LogP contribution >= 0.6 is 12.4 Å². The first-order valence-electron chi connectivity index (χ1n) is 9.49. The average Bonchev–Trinajstić information content (AvgIpc) is 3.01. The van der Waals surface area contributed by atoms with Gasteiger partial charge in [-0.05, 0) is 38.1 Å². The normalized spacial score (nSPS) is 30.1. The number of halogens is 1. The molecule has 2 amide bonds. The van der Waals surface area contributed by atoms with Crippen molar-refractivity contribution in [3.05, 3.63) is 0 Å². The molecule has 2 aliphatic carbocycles. The number of amides is 2. The summed E-state index contributed by atoms with van der Waals surface area (Å²) in [5.74, 6) is 0.726. The molecule has 0 aromatic heterocycles. The molecule has 24 heavy (non-hydrogen) atoms. The van der Waals surface area contributed by atoms with E-state index in [-0.39, 0.29) is 29.6 Å². The van der Waals surface area contributed by atoms with Gasteiger partial charge in [0.2, 0.25) is 11.8 Å². The number of fused-ring (bicyclic) bond motifs is 1. The van der Waals surface area contributed by atoms with E-state index in [0.717, 1.165) is 45.2 Å². The summed E-state index contributed by atoms with van der Waals surface area (Å²) in [5.41, 5.74) is -0.210. The van der Waals surface area contributed by atoms with Gasteiger partial charge in [0.1, 0.15) is 0 Å². The molecule has 0 aromatic rings. The third-order valence-electron chi connectivity index (χ3n) is 6.10. The Balaban J connectivity index is 0.00000208. The molecule has 0 aromatic carbocycles. The van der Waals surface area contributed by atoms with Crippen LogP contribution in [0.2, 0.25) is 0 Å². The topological polar surface area (TPSA) is 70.2 Å². The molecule has 1 heterocycles. The van der Waals surface area contributed by atoms with Gasteiger partial charge in [-0.2, -0.15) is 0 Å². The summed E-state index contributed by atoms with van der Waals surface area (Å²) in [4.78, 5) is 24.7. The van der Waals surface area contributed by atoms with Crippen LogP contribution in [0.1, 0.15) is 64.2 Å². The maximum Gasteiger partial charge on any atom is 0.227 e. The van der Waals surface area contributed by atoms with Gasteiger partial charge in [0.25, 0.3) is 0 Å². The van der Waals surface area contributed by atoms with E-state index in [1.54, 1.807) is 0 Å². The van der Waals surface area contributed by atoms with E-state index in [1.807, 2.05) is 0 Å². The van der Waals surface area contributed by atoms with E-state index in [4.69, 9.17) is 0 Å². The lowest BCUT2D eigenvalue weighted by Gasteiger charge is -2.37. The first-order valence-corrected chi connectivity index (χ1v) is 9.49. The third-order valence-corrected chi connectivity index (χ3v) is 6.10. The Bertz CT molecular complexity index is 440. The molecule has 2 saturated carbocycles. The molecule has 3 fully saturated rings. The predicted octanol–water partition coefficient (Wildman–Crippen LogP) is 2.14. The monoisotopic (exact) mass is 357 g/mol. The Morgan fingerprint density at radius 3 is 2.58 bits per heavy atom. The van der Waals surface area contributed by atoms with Crippen molar-refractivity contribution in [1.82, 2.24) is 16.0 Å². The Kier molecular flexibility index (Phi) is 7.35. The van der Waals surface area contributed by atoms with Crippen molar-refractivity contribution in [2.45, 2.75) is 70.3 Å². The van der Waals surface area contributed by atoms with Crippen LogP contribution in [0.4, 0.5) is 0 Å². The zero-order valence-corrected chi connectivity index (χ0v) is 15.4. The molecule has 3 aliphatic rings. The first-order chi connectivity index (χ1) is 11.2. The minimum Gasteiger partial charge on any atom is -0.355 e. The van der Waals surface area contributed by atoms with Gasteiger partial charge in [0, 0.05) is 25.6 Å². The van der Waals surface area contributed by atoms with Crippen LogP contribution in [-0.4, -0.2) is 37.5 Å². The summed E-state index contributed by atoms with van der Waals surface area (Å²) in [6.07, 6.45) is 10.9. The Morgan fingerprint density at radius 2 is 1.79 bits per heavy atom. The summed E-state index contributed by atoms with van der Waals surface area (Å²) in [5, 5.41) is 9.56. The second-order valence-corrected chi connectivity index (χ2v) is 7.64. The molecule has 138 valence electrons. The van der Waals surface area contributed by atoms with Crippen LogP contribution in [0, 0.1) is 11.3 Å². The fourth-order valence-corrected chi connectivity index (χ4v) is 4.70. The predicted molar refractivity (Wildman–Crippen MR) is 97.2 cm³/mol. The summed E-state index contributed by atoms with van der Waals surface area (Å²) < 4.78 is 0. The van der Waals surface area contributed by atoms with Crippen LogP contribution in [0.3, 0.4) is 0 Å². The van der Waals surface area contributed by atoms with E-state index in [2.05, 4.69) is 16.0 Å². The number of carbonyl (C=O) groups is 2. The molecule has 0 bridgehead atoms. The highest BCUT2D eigenvalue weighted by Crippen LogP contribution is 2.43. The molecular formula is C18H32ClN3O2. The fourth-order valence-electron chi connectivity index (χ4n) is 4.70. The quantitative estimate of drug-likeness (QED) is 0.706. The largest absolute Gasteiger partial charge is 0.355 e. The van der Waals surface area contributed by atoms with Gasteiger partial charge >= 0.3 is 0 Å². The number of hydrogen-bond donors (Lipinski definition) is 3. The van der Waals surface area contributed by atoms with E-state index in [9.17, 15) is 9.59 Å². The molecule has 0 spiro atoms. The number of carbonyl (C=O) groups excluding carboxylic acids is 2. The van der Waals surface area contributed by atoms with Gasteiger partial charge in [-0.15, -0.1) is 12.4 Å². The molecule has 5 nitrogen and oxygen atoms in total. The van der Waals surface area contributed by atoms with Crippen molar-refractivity contribution in [3.8, 4) is 0 Å². The Hall–Kier alpha value is -0.810. The SMILES string of the molecule is Cl.O=C(CCNC(=O)[C@@]12CCCC[C@H]1CNC2)NC1CCCCC1. The van der Waals surface area contributed by atoms with Gasteiger partial charge in [-0.1, -0.05) is 32.1 Å². The summed E-state index contributed by atoms with van der Waals surface area (Å²) in [6.45, 7) is 2.24. The van der Waals surface area contributed by atoms with E-state index < -0.39 is 0 Å². The molecule has 1 aliphatic heterocycles. The van der Waals surface area contributed by atoms with Crippen molar-refractivity contribution in [2.24, 2.45) is 11.3 Å². The Labute approximate surface area is 151 Å². The number of nitrogens with one attached hydrogen (secondary N) is 3. The standard InChI is InChI=1S/C18H31N3O2.ClH/c22-16(21-15-7-2-1-3-8-15)9-11-20-17(23)18-10-5-4-6-14(18)12-19-13-18;/h14-15,19H,1-13H2,(H,20,23)(H,21,22);1H/t14-,18+;/m0./s1. The first kappa shape index (κ1) is 19.5. The highest BCUT2D eigenvalue weighted by Gasteiger charge is 2.49. The number of rotatable bonds is 5. The maximum atomic E-state index is 12.7. The lowest BCUT2D eigenvalue weighted by atomic mass is 9.67. The van der Waals surface area contributed by atoms with Crippen molar-refractivity contribution in [1.29, 1.82) is 0 Å². The molecule has 1 saturated heterocycles. The second-order valence-electron chi connectivity index (χ2n) is 7.64. The van der Waals surface area contributed by atoms with E-state index >= 15 is 0 Å². The molecular weight excluding hydrogens is 326 g/mol. The van der Waals surface area contributed by atoms with Crippen LogP contribution < -0.4 is 16.0 Å². The maximum absolute atomic E-state index is 12.7. The van der Waals surface area contributed by atoms with Crippen LogP contribution in [0.15, 0.2) is 0 Å². The van der Waals surface area contributed by atoms with E-state index in [1.165, 1.54) is 25.7 Å². The summed E-state index contributed by atoms with van der Waals surface area (Å²) >= 11 is 0. The van der Waals surface area contributed by atoms with Gasteiger partial charge in [0.15, 0.2) is 0 Å². The smallest absolute Gasteiger partial charge is 0.227 e. The molecule has 3 N–H and O–H groups in total. The lowest BCUT2D eigenvalue weighted by molar-refractivity contribution is -0.134. The van der Waals surface area contributed by atoms with Crippen molar-refractivity contribution >= 4 is 24.2 Å². The highest BCUT2D eigenvalue weighted by molar-refractivity contribution is 5.85. The summed E-state index contributed by atoms with van der Waals surface area (Å²) in [6, 6.07) is 0.354. The van der Waals surface area contributed by atoms with Crippen molar-refractivity contribution in [3.63, 3.8) is 0 Å². The van der Waals surface area contributed by atoms with Crippen LogP contribution in [0.5, 0.6) is 0 Å². The minimum atomic E-state index is -0.210. The molecule has 0 unspecified atom stereocenters. The fraction of sp³-hybridized carbons (Fsp3) is 0.889. The Morgan fingerprint density at radius 1 is 1.04 bits per heavy atom. The molecule has 6 heteroatoms. The zero-order valence-electron chi connectivity index (χ0n) is 14.6. The highest BCUT2D eigenvalue weighted by atomic mass is 35.5. The third kappa shape index (κ3) is 4.42. The van der Waals surface area contributed by atoms with Gasteiger partial charge in [0.05, 0.1) is 5.41 Å². The van der Waals surface area contributed by atoms with Crippen LogP contribution in [0.25, 0.3) is 0 Å². The van der Waals surface area contributed by atoms with Gasteiger partial charge in [-0.25, -0.2) is 0 Å². The number of hydrogen-bond acceptors (Lipinski definition) is 3. The van der Waals surface area contributed by atoms with Crippen molar-refractivity contribution in [2.75, 3.05) is 19.6 Å². The van der Waals surface area contributed by atoms with Crippen molar-refractivity contribution < 1.29 is 9.59 Å². The minimum absolute atomic E-state index is 0.